The van der Waals surface area contributed by atoms with Crippen molar-refractivity contribution in [2.75, 3.05) is 11.9 Å². The van der Waals surface area contributed by atoms with Crippen LogP contribution in [0.5, 0.6) is 5.75 Å². The number of ether oxygens (including phenoxy) is 1. The van der Waals surface area contributed by atoms with Gasteiger partial charge in [0.15, 0.2) is 0 Å². The Labute approximate surface area is 127 Å². The highest BCUT2D eigenvalue weighted by Crippen LogP contribution is 2.26. The number of anilines is 1. The number of hydrogen-bond donors (Lipinski definition) is 1. The fraction of sp³-hybridized carbons (Fsp3) is 0.250. The maximum absolute atomic E-state index is 5.53. The quantitative estimate of drug-likeness (QED) is 0.826. The molecule has 2 aromatic rings. The van der Waals surface area contributed by atoms with Crippen molar-refractivity contribution in [3.05, 3.63) is 56.7 Å². The number of rotatable bonds is 3. The summed E-state index contributed by atoms with van der Waals surface area (Å²) in [4.78, 5) is 0. The second-order valence-electron chi connectivity index (χ2n) is 4.85. The molecular formula is C16H16INO. The van der Waals surface area contributed by atoms with Gasteiger partial charge in [-0.15, -0.1) is 0 Å². The Kier molecular flexibility index (Phi) is 3.64. The third-order valence-electron chi connectivity index (χ3n) is 3.43. The second-order valence-corrected chi connectivity index (χ2v) is 6.10. The van der Waals surface area contributed by atoms with Crippen molar-refractivity contribution in [3.63, 3.8) is 0 Å². The van der Waals surface area contributed by atoms with Crippen molar-refractivity contribution in [2.45, 2.75) is 19.9 Å². The molecule has 0 radical (unpaired) electrons. The average Bonchev–Trinajstić information content (AvgIpc) is 2.85. The van der Waals surface area contributed by atoms with Crippen molar-refractivity contribution >= 4 is 28.3 Å². The first-order valence-electron chi connectivity index (χ1n) is 6.47. The average molecular weight is 365 g/mol. The molecule has 0 fully saturated rings. The molecule has 2 aromatic carbocycles. The molecule has 0 spiro atoms. The van der Waals surface area contributed by atoms with Crippen LogP contribution in [-0.4, -0.2) is 6.61 Å². The van der Waals surface area contributed by atoms with Gasteiger partial charge in [-0.3, -0.25) is 0 Å². The van der Waals surface area contributed by atoms with Gasteiger partial charge in [0.2, 0.25) is 0 Å². The van der Waals surface area contributed by atoms with E-state index in [1.165, 1.54) is 25.9 Å². The molecule has 1 aliphatic rings. The summed E-state index contributed by atoms with van der Waals surface area (Å²) in [6.07, 6.45) is 1.03. The fourth-order valence-corrected chi connectivity index (χ4v) is 3.02. The van der Waals surface area contributed by atoms with E-state index in [4.69, 9.17) is 4.74 Å². The van der Waals surface area contributed by atoms with Crippen molar-refractivity contribution in [2.24, 2.45) is 0 Å². The maximum atomic E-state index is 5.53. The van der Waals surface area contributed by atoms with Crippen LogP contribution in [0.3, 0.4) is 0 Å². The number of aryl methyl sites for hydroxylation is 1. The Hall–Kier alpha value is -1.23. The lowest BCUT2D eigenvalue weighted by molar-refractivity contribution is 0.357. The van der Waals surface area contributed by atoms with E-state index in [1.54, 1.807) is 0 Å². The largest absolute Gasteiger partial charge is 0.493 e. The van der Waals surface area contributed by atoms with Gasteiger partial charge >= 0.3 is 0 Å². The van der Waals surface area contributed by atoms with Crippen LogP contribution in [0.2, 0.25) is 0 Å². The molecule has 0 saturated carbocycles. The molecule has 0 bridgehead atoms. The highest BCUT2D eigenvalue weighted by Gasteiger charge is 2.11. The van der Waals surface area contributed by atoms with Crippen LogP contribution in [-0.2, 0) is 13.0 Å². The van der Waals surface area contributed by atoms with Gasteiger partial charge in [0.05, 0.1) is 6.61 Å². The minimum Gasteiger partial charge on any atom is -0.493 e. The predicted octanol–water partition coefficient (Wildman–Crippen LogP) is 4.15. The maximum Gasteiger partial charge on any atom is 0.122 e. The number of fused-ring (bicyclic) bond motifs is 1. The lowest BCUT2D eigenvalue weighted by Gasteiger charge is -2.10. The Morgan fingerprint density at radius 1 is 1.21 bits per heavy atom. The summed E-state index contributed by atoms with van der Waals surface area (Å²) in [7, 11) is 0. The molecule has 19 heavy (non-hydrogen) atoms. The lowest BCUT2D eigenvalue weighted by atomic mass is 10.1. The van der Waals surface area contributed by atoms with Crippen molar-refractivity contribution in [3.8, 4) is 5.75 Å². The van der Waals surface area contributed by atoms with E-state index < -0.39 is 0 Å². The van der Waals surface area contributed by atoms with E-state index in [1.807, 2.05) is 0 Å². The van der Waals surface area contributed by atoms with Gasteiger partial charge in [-0.1, -0.05) is 12.1 Å². The summed E-state index contributed by atoms with van der Waals surface area (Å²) in [6, 6.07) is 12.9. The van der Waals surface area contributed by atoms with Gasteiger partial charge in [0.1, 0.15) is 5.75 Å². The smallest absolute Gasteiger partial charge is 0.122 e. The summed E-state index contributed by atoms with van der Waals surface area (Å²) in [6.45, 7) is 3.82. The first kappa shape index (κ1) is 12.8. The van der Waals surface area contributed by atoms with Crippen molar-refractivity contribution < 1.29 is 4.74 Å². The van der Waals surface area contributed by atoms with Crippen LogP contribution in [0, 0.1) is 10.5 Å². The lowest BCUT2D eigenvalue weighted by Crippen LogP contribution is -2.01. The molecular weight excluding hydrogens is 349 g/mol. The molecule has 1 heterocycles. The van der Waals surface area contributed by atoms with Gasteiger partial charge in [-0.05, 0) is 70.5 Å². The van der Waals surface area contributed by atoms with Crippen molar-refractivity contribution in [1.82, 2.24) is 0 Å². The Morgan fingerprint density at radius 2 is 2.11 bits per heavy atom. The summed E-state index contributed by atoms with van der Waals surface area (Å²) in [5, 5.41) is 3.50. The summed E-state index contributed by atoms with van der Waals surface area (Å²) in [5.41, 5.74) is 5.13. The number of benzene rings is 2. The zero-order valence-electron chi connectivity index (χ0n) is 10.9. The Balaban J connectivity index is 1.72. The first-order valence-corrected chi connectivity index (χ1v) is 7.55. The summed E-state index contributed by atoms with van der Waals surface area (Å²) in [5.74, 6) is 1.05. The Bertz CT molecular complexity index is 610. The molecule has 2 nitrogen and oxygen atoms in total. The molecule has 0 unspecified atom stereocenters. The standard InChI is InChI=1S/C16H16INO/c1-11-8-14(17)3-4-15(11)18-10-12-2-5-16-13(9-12)6-7-19-16/h2-5,8-9,18H,6-7,10H2,1H3. The normalized spacial score (nSPS) is 12.9. The molecule has 3 rings (SSSR count). The van der Waals surface area contributed by atoms with E-state index in [2.05, 4.69) is 71.2 Å². The second kappa shape index (κ2) is 5.41. The highest BCUT2D eigenvalue weighted by molar-refractivity contribution is 14.1. The molecule has 0 atom stereocenters. The van der Waals surface area contributed by atoms with Crippen LogP contribution < -0.4 is 10.1 Å². The van der Waals surface area contributed by atoms with Gasteiger partial charge < -0.3 is 10.1 Å². The van der Waals surface area contributed by atoms with Crippen LogP contribution >= 0.6 is 22.6 Å². The van der Waals surface area contributed by atoms with E-state index in [-0.39, 0.29) is 0 Å². The Morgan fingerprint density at radius 3 is 2.95 bits per heavy atom. The third kappa shape index (κ3) is 2.86. The van der Waals surface area contributed by atoms with Gasteiger partial charge in [0.25, 0.3) is 0 Å². The van der Waals surface area contributed by atoms with Gasteiger partial charge in [-0.2, -0.15) is 0 Å². The minimum absolute atomic E-state index is 0.822. The van der Waals surface area contributed by atoms with Crippen LogP contribution in [0.25, 0.3) is 0 Å². The minimum atomic E-state index is 0.822. The van der Waals surface area contributed by atoms with Crippen molar-refractivity contribution in [1.29, 1.82) is 0 Å². The monoisotopic (exact) mass is 365 g/mol. The molecule has 1 N–H and O–H groups in total. The third-order valence-corrected chi connectivity index (χ3v) is 4.10. The van der Waals surface area contributed by atoms with Crippen LogP contribution in [0.4, 0.5) is 5.69 Å². The van der Waals surface area contributed by atoms with Gasteiger partial charge in [0, 0.05) is 22.2 Å². The zero-order valence-corrected chi connectivity index (χ0v) is 13.0. The number of halogens is 1. The number of hydrogen-bond acceptors (Lipinski definition) is 2. The van der Waals surface area contributed by atoms with Gasteiger partial charge in [-0.25, -0.2) is 0 Å². The molecule has 0 saturated heterocycles. The van der Waals surface area contributed by atoms with Crippen LogP contribution in [0.1, 0.15) is 16.7 Å². The molecule has 0 aliphatic carbocycles. The highest BCUT2D eigenvalue weighted by atomic mass is 127. The molecule has 3 heteroatoms. The van der Waals surface area contributed by atoms with E-state index in [0.29, 0.717) is 0 Å². The molecule has 98 valence electrons. The zero-order chi connectivity index (χ0) is 13.2. The van der Waals surface area contributed by atoms with E-state index in [9.17, 15) is 0 Å². The van der Waals surface area contributed by atoms with Crippen LogP contribution in [0.15, 0.2) is 36.4 Å². The van der Waals surface area contributed by atoms with E-state index >= 15 is 0 Å². The summed E-state index contributed by atoms with van der Waals surface area (Å²) >= 11 is 2.34. The SMILES string of the molecule is Cc1cc(I)ccc1NCc1ccc2c(c1)CCO2. The molecule has 1 aliphatic heterocycles. The molecule has 0 amide bonds. The van der Waals surface area contributed by atoms with E-state index in [0.717, 1.165) is 25.3 Å². The number of nitrogens with one attached hydrogen (secondary N) is 1. The summed E-state index contributed by atoms with van der Waals surface area (Å²) < 4.78 is 6.80. The predicted molar refractivity (Wildman–Crippen MR) is 86.9 cm³/mol. The topological polar surface area (TPSA) is 21.3 Å². The fourth-order valence-electron chi connectivity index (χ4n) is 2.37. The molecule has 0 aromatic heterocycles. The first-order chi connectivity index (χ1) is 9.22.